The van der Waals surface area contributed by atoms with E-state index in [9.17, 15) is 8.78 Å². The molecule has 0 saturated heterocycles. The second-order valence-corrected chi connectivity index (χ2v) is 9.73. The van der Waals surface area contributed by atoms with Crippen LogP contribution in [0.2, 0.25) is 0 Å². The van der Waals surface area contributed by atoms with Crippen LogP contribution >= 0.6 is 0 Å². The highest BCUT2D eigenvalue weighted by atomic mass is 19.2. The summed E-state index contributed by atoms with van der Waals surface area (Å²) in [5.41, 5.74) is 2.25. The molecule has 1 aromatic carbocycles. The number of rotatable bonds is 7. The highest BCUT2D eigenvalue weighted by Gasteiger charge is 2.27. The van der Waals surface area contributed by atoms with Crippen LogP contribution in [0, 0.1) is 36.3 Å². The van der Waals surface area contributed by atoms with Gasteiger partial charge in [0.05, 0.1) is 0 Å². The monoisotopic (exact) mass is 390 g/mol. The van der Waals surface area contributed by atoms with Gasteiger partial charge in [0.25, 0.3) is 0 Å². The van der Waals surface area contributed by atoms with Crippen molar-refractivity contribution in [2.24, 2.45) is 17.8 Å². The van der Waals surface area contributed by atoms with Gasteiger partial charge in [-0.1, -0.05) is 64.9 Å². The lowest BCUT2D eigenvalue weighted by Crippen LogP contribution is -2.17. The van der Waals surface area contributed by atoms with Crippen molar-refractivity contribution in [2.75, 3.05) is 0 Å². The number of benzene rings is 1. The summed E-state index contributed by atoms with van der Waals surface area (Å²) in [7, 11) is 0. The number of aryl methyl sites for hydroxylation is 1. The molecule has 2 aliphatic carbocycles. The summed E-state index contributed by atoms with van der Waals surface area (Å²) < 4.78 is 29.9. The molecule has 3 rings (SSSR count). The molecular formula is C26H40F2. The summed E-state index contributed by atoms with van der Waals surface area (Å²) in [6.07, 6.45) is 15.1. The minimum Gasteiger partial charge on any atom is -0.203 e. The van der Waals surface area contributed by atoms with Crippen molar-refractivity contribution < 1.29 is 8.78 Å². The normalized spacial score (nSPS) is 28.5. The standard InChI is InChI=1S/C26H40F2/c1-4-6-20-7-9-21(10-8-20)13-16-23-18(3)17-24(26(28)25(23)27)22-14-11-19(5-2)12-15-22/h17,19-22H,4-16H2,1-3H3. The summed E-state index contributed by atoms with van der Waals surface area (Å²) in [5, 5.41) is 0. The molecule has 0 bridgehead atoms. The quantitative estimate of drug-likeness (QED) is 0.438. The average Bonchev–Trinajstić information content (AvgIpc) is 2.72. The van der Waals surface area contributed by atoms with E-state index in [2.05, 4.69) is 13.8 Å². The Kier molecular flexibility index (Phi) is 7.94. The Bertz CT molecular complexity index is 620. The van der Waals surface area contributed by atoms with Gasteiger partial charge >= 0.3 is 0 Å². The zero-order valence-corrected chi connectivity index (χ0v) is 18.3. The first-order chi connectivity index (χ1) is 13.5. The molecule has 0 heterocycles. The molecule has 2 saturated carbocycles. The predicted octanol–water partition coefficient (Wildman–Crippen LogP) is 8.50. The van der Waals surface area contributed by atoms with E-state index in [-0.39, 0.29) is 5.92 Å². The molecule has 2 aliphatic rings. The van der Waals surface area contributed by atoms with Gasteiger partial charge in [0.2, 0.25) is 0 Å². The molecule has 0 atom stereocenters. The SMILES string of the molecule is CCCC1CCC(CCc2c(C)cc(C3CCC(CC)CC3)c(F)c2F)CC1. The van der Waals surface area contributed by atoms with Crippen LogP contribution in [0.3, 0.4) is 0 Å². The third kappa shape index (κ3) is 5.16. The van der Waals surface area contributed by atoms with Crippen LogP contribution in [-0.2, 0) is 6.42 Å². The van der Waals surface area contributed by atoms with Crippen LogP contribution in [0.25, 0.3) is 0 Å². The molecular weight excluding hydrogens is 350 g/mol. The molecule has 0 radical (unpaired) electrons. The highest BCUT2D eigenvalue weighted by molar-refractivity contribution is 5.36. The van der Waals surface area contributed by atoms with Gasteiger partial charge in [-0.15, -0.1) is 0 Å². The Balaban J connectivity index is 1.61. The van der Waals surface area contributed by atoms with E-state index in [1.54, 1.807) is 0 Å². The fourth-order valence-corrected chi connectivity index (χ4v) is 5.87. The fraction of sp³-hybridized carbons (Fsp3) is 0.769. The van der Waals surface area contributed by atoms with E-state index in [0.717, 1.165) is 49.5 Å². The second-order valence-electron chi connectivity index (χ2n) is 9.73. The lowest BCUT2D eigenvalue weighted by molar-refractivity contribution is 0.251. The topological polar surface area (TPSA) is 0 Å². The minimum absolute atomic E-state index is 0.207. The molecule has 0 spiro atoms. The maximum absolute atomic E-state index is 15.0. The summed E-state index contributed by atoms with van der Waals surface area (Å²) in [4.78, 5) is 0. The fourth-order valence-electron chi connectivity index (χ4n) is 5.87. The van der Waals surface area contributed by atoms with Crippen molar-refractivity contribution in [3.8, 4) is 0 Å². The molecule has 2 heteroatoms. The minimum atomic E-state index is -0.549. The Hall–Kier alpha value is -0.920. The van der Waals surface area contributed by atoms with Crippen molar-refractivity contribution in [3.05, 3.63) is 34.4 Å². The molecule has 0 nitrogen and oxygen atoms in total. The van der Waals surface area contributed by atoms with Gasteiger partial charge in [-0.3, -0.25) is 0 Å². The third-order valence-electron chi connectivity index (χ3n) is 7.89. The van der Waals surface area contributed by atoms with Crippen LogP contribution in [0.1, 0.15) is 114 Å². The van der Waals surface area contributed by atoms with E-state index in [1.165, 1.54) is 44.9 Å². The van der Waals surface area contributed by atoms with Gasteiger partial charge in [0.1, 0.15) is 0 Å². The van der Waals surface area contributed by atoms with Gasteiger partial charge in [-0.05, 0) is 85.8 Å². The molecule has 0 aliphatic heterocycles. The molecule has 2 fully saturated rings. The van der Waals surface area contributed by atoms with Crippen LogP contribution in [0.15, 0.2) is 6.07 Å². The molecule has 1 aromatic rings. The molecule has 0 N–H and O–H groups in total. The predicted molar refractivity (Wildman–Crippen MR) is 115 cm³/mol. The smallest absolute Gasteiger partial charge is 0.162 e. The van der Waals surface area contributed by atoms with Crippen LogP contribution in [-0.4, -0.2) is 0 Å². The Morgan fingerprint density at radius 2 is 1.36 bits per heavy atom. The summed E-state index contributed by atoms with van der Waals surface area (Å²) in [6, 6.07) is 1.98. The van der Waals surface area contributed by atoms with Gasteiger partial charge in [0.15, 0.2) is 11.6 Å². The van der Waals surface area contributed by atoms with Crippen LogP contribution in [0.4, 0.5) is 8.78 Å². The van der Waals surface area contributed by atoms with Crippen LogP contribution < -0.4 is 0 Å². The van der Waals surface area contributed by atoms with Crippen molar-refractivity contribution in [2.45, 2.75) is 110 Å². The lowest BCUT2D eigenvalue weighted by atomic mass is 9.76. The Morgan fingerprint density at radius 1 is 0.786 bits per heavy atom. The number of hydrogen-bond acceptors (Lipinski definition) is 0. The molecule has 0 amide bonds. The van der Waals surface area contributed by atoms with Crippen LogP contribution in [0.5, 0.6) is 0 Å². The molecule has 28 heavy (non-hydrogen) atoms. The summed E-state index contributed by atoms with van der Waals surface area (Å²) >= 11 is 0. The Morgan fingerprint density at radius 3 is 1.93 bits per heavy atom. The number of halogens is 2. The van der Waals surface area contributed by atoms with Crippen molar-refractivity contribution in [3.63, 3.8) is 0 Å². The first-order valence-electron chi connectivity index (χ1n) is 12.0. The van der Waals surface area contributed by atoms with E-state index in [0.29, 0.717) is 23.5 Å². The first kappa shape index (κ1) is 21.8. The molecule has 0 unspecified atom stereocenters. The molecule has 0 aromatic heterocycles. The van der Waals surface area contributed by atoms with E-state index < -0.39 is 11.6 Å². The summed E-state index contributed by atoms with van der Waals surface area (Å²) in [5.74, 6) is 1.48. The third-order valence-corrected chi connectivity index (χ3v) is 7.89. The van der Waals surface area contributed by atoms with E-state index in [1.807, 2.05) is 13.0 Å². The van der Waals surface area contributed by atoms with E-state index >= 15 is 0 Å². The maximum atomic E-state index is 15.0. The van der Waals surface area contributed by atoms with Crippen molar-refractivity contribution in [1.82, 2.24) is 0 Å². The second kappa shape index (κ2) is 10.2. The van der Waals surface area contributed by atoms with Crippen molar-refractivity contribution >= 4 is 0 Å². The number of hydrogen-bond donors (Lipinski definition) is 0. The van der Waals surface area contributed by atoms with Gasteiger partial charge in [0, 0.05) is 0 Å². The zero-order chi connectivity index (χ0) is 20.1. The van der Waals surface area contributed by atoms with Gasteiger partial charge < -0.3 is 0 Å². The van der Waals surface area contributed by atoms with E-state index in [4.69, 9.17) is 0 Å². The zero-order valence-electron chi connectivity index (χ0n) is 18.3. The maximum Gasteiger partial charge on any atom is 0.162 e. The lowest BCUT2D eigenvalue weighted by Gasteiger charge is -2.29. The highest BCUT2D eigenvalue weighted by Crippen LogP contribution is 2.40. The van der Waals surface area contributed by atoms with Gasteiger partial charge in [-0.2, -0.15) is 0 Å². The average molecular weight is 391 g/mol. The largest absolute Gasteiger partial charge is 0.203 e. The summed E-state index contributed by atoms with van der Waals surface area (Å²) in [6.45, 7) is 6.49. The Labute approximate surface area is 171 Å². The first-order valence-corrected chi connectivity index (χ1v) is 12.0. The molecule has 158 valence electrons. The van der Waals surface area contributed by atoms with Gasteiger partial charge in [-0.25, -0.2) is 8.78 Å². The van der Waals surface area contributed by atoms with Crippen molar-refractivity contribution in [1.29, 1.82) is 0 Å².